The second kappa shape index (κ2) is 8.41. The highest BCUT2D eigenvalue weighted by atomic mass is 28.4. The molecule has 2 nitrogen and oxygen atoms in total. The Hall–Kier alpha value is -1.97. The predicted octanol–water partition coefficient (Wildman–Crippen LogP) is 4.10. The molecule has 0 heterocycles. The van der Waals surface area contributed by atoms with Gasteiger partial charge in [0.05, 0.1) is 0 Å². The zero-order chi connectivity index (χ0) is 18.3. The molecule has 132 valence electrons. The third-order valence-corrected chi connectivity index (χ3v) is 9.57. The normalized spacial score (nSPS) is 12.0. The quantitative estimate of drug-likeness (QED) is 0.406. The van der Waals surface area contributed by atoms with E-state index in [1.807, 2.05) is 12.1 Å². The molecule has 0 aromatic heterocycles. The average Bonchev–Trinajstić information content (AvgIpc) is 2.62. The van der Waals surface area contributed by atoms with Crippen LogP contribution in [0.25, 0.3) is 0 Å². The van der Waals surface area contributed by atoms with E-state index in [2.05, 4.69) is 75.9 Å². The SMILES string of the molecule is C=CC(=O)CCCO[Si](c1ccccc1)(c1ccccc1)C(C)(C)C. The summed E-state index contributed by atoms with van der Waals surface area (Å²) in [6, 6.07) is 21.1. The first-order valence-corrected chi connectivity index (χ1v) is 10.7. The number of carbonyl (C=O) groups is 1. The van der Waals surface area contributed by atoms with Crippen molar-refractivity contribution in [2.24, 2.45) is 0 Å². The van der Waals surface area contributed by atoms with E-state index in [0.717, 1.165) is 6.42 Å². The Morgan fingerprint density at radius 2 is 1.48 bits per heavy atom. The van der Waals surface area contributed by atoms with Gasteiger partial charge in [-0.1, -0.05) is 88.0 Å². The first-order chi connectivity index (χ1) is 11.9. The van der Waals surface area contributed by atoms with Crippen LogP contribution in [0.2, 0.25) is 5.04 Å². The van der Waals surface area contributed by atoms with Gasteiger partial charge in [-0.3, -0.25) is 4.79 Å². The number of ketones is 1. The summed E-state index contributed by atoms with van der Waals surface area (Å²) in [5.74, 6) is 0.0750. The van der Waals surface area contributed by atoms with Crippen molar-refractivity contribution in [3.05, 3.63) is 73.3 Å². The van der Waals surface area contributed by atoms with Crippen LogP contribution in [0.3, 0.4) is 0 Å². The van der Waals surface area contributed by atoms with E-state index in [9.17, 15) is 4.79 Å². The van der Waals surface area contributed by atoms with Gasteiger partial charge in [0.15, 0.2) is 5.78 Å². The molecule has 0 saturated carbocycles. The van der Waals surface area contributed by atoms with E-state index < -0.39 is 8.32 Å². The Morgan fingerprint density at radius 1 is 1.00 bits per heavy atom. The molecule has 0 saturated heterocycles. The molecule has 25 heavy (non-hydrogen) atoms. The second-order valence-electron chi connectivity index (χ2n) is 7.29. The van der Waals surface area contributed by atoms with Crippen molar-refractivity contribution in [2.75, 3.05) is 6.61 Å². The molecule has 3 heteroatoms. The van der Waals surface area contributed by atoms with E-state index in [-0.39, 0.29) is 10.8 Å². The molecule has 2 rings (SSSR count). The van der Waals surface area contributed by atoms with Gasteiger partial charge in [0.25, 0.3) is 8.32 Å². The topological polar surface area (TPSA) is 26.3 Å². The van der Waals surface area contributed by atoms with Crippen LogP contribution < -0.4 is 10.4 Å². The van der Waals surface area contributed by atoms with Crippen molar-refractivity contribution in [2.45, 2.75) is 38.7 Å². The molecular weight excluding hydrogens is 324 g/mol. The Morgan fingerprint density at radius 3 is 1.88 bits per heavy atom. The lowest BCUT2D eigenvalue weighted by atomic mass is 10.2. The number of hydrogen-bond donors (Lipinski definition) is 0. The van der Waals surface area contributed by atoms with Gasteiger partial charge >= 0.3 is 0 Å². The molecule has 0 atom stereocenters. The number of rotatable bonds is 8. The molecular formula is C22H28O2Si. The average molecular weight is 353 g/mol. The zero-order valence-electron chi connectivity index (χ0n) is 15.5. The van der Waals surface area contributed by atoms with Gasteiger partial charge in [-0.15, -0.1) is 0 Å². The van der Waals surface area contributed by atoms with E-state index in [4.69, 9.17) is 4.43 Å². The maximum atomic E-state index is 11.5. The summed E-state index contributed by atoms with van der Waals surface area (Å²) in [6.45, 7) is 10.9. The highest BCUT2D eigenvalue weighted by Crippen LogP contribution is 2.36. The fourth-order valence-corrected chi connectivity index (χ4v) is 7.94. The monoisotopic (exact) mass is 352 g/mol. The predicted molar refractivity (Wildman–Crippen MR) is 108 cm³/mol. The van der Waals surface area contributed by atoms with Gasteiger partial charge in [-0.2, -0.15) is 0 Å². The molecule has 0 amide bonds. The molecule has 0 unspecified atom stereocenters. The van der Waals surface area contributed by atoms with Gasteiger partial charge in [-0.05, 0) is 27.9 Å². The number of allylic oxidation sites excluding steroid dienone is 1. The van der Waals surface area contributed by atoms with Crippen LogP contribution in [0, 0.1) is 0 Å². The third kappa shape index (κ3) is 4.36. The smallest absolute Gasteiger partial charge is 0.261 e. The fraction of sp³-hybridized carbons (Fsp3) is 0.318. The summed E-state index contributed by atoms with van der Waals surface area (Å²) < 4.78 is 6.71. The largest absolute Gasteiger partial charge is 0.407 e. The first-order valence-electron chi connectivity index (χ1n) is 8.82. The second-order valence-corrected chi connectivity index (χ2v) is 11.6. The van der Waals surface area contributed by atoms with Crippen molar-refractivity contribution in [1.82, 2.24) is 0 Å². The summed E-state index contributed by atoms with van der Waals surface area (Å²) in [4.78, 5) is 11.5. The Labute approximate surface area is 152 Å². The molecule has 0 aliphatic heterocycles. The van der Waals surface area contributed by atoms with Crippen LogP contribution in [0.5, 0.6) is 0 Å². The molecule has 0 fully saturated rings. The Kier molecular flexibility index (Phi) is 6.51. The molecule has 0 radical (unpaired) electrons. The molecule has 2 aromatic rings. The summed E-state index contributed by atoms with van der Waals surface area (Å²) in [6.07, 6.45) is 2.60. The third-order valence-electron chi connectivity index (χ3n) is 4.53. The van der Waals surface area contributed by atoms with Crippen LogP contribution in [-0.4, -0.2) is 20.7 Å². The number of benzene rings is 2. The van der Waals surface area contributed by atoms with Crippen molar-refractivity contribution >= 4 is 24.5 Å². The lowest BCUT2D eigenvalue weighted by molar-refractivity contribution is -0.114. The van der Waals surface area contributed by atoms with E-state index >= 15 is 0 Å². The Balaban J connectivity index is 2.42. The van der Waals surface area contributed by atoms with Crippen molar-refractivity contribution in [3.8, 4) is 0 Å². The van der Waals surface area contributed by atoms with Crippen molar-refractivity contribution < 1.29 is 9.22 Å². The van der Waals surface area contributed by atoms with Gasteiger partial charge in [0.2, 0.25) is 0 Å². The summed E-state index contributed by atoms with van der Waals surface area (Å²) in [7, 11) is -2.47. The van der Waals surface area contributed by atoms with Crippen molar-refractivity contribution in [3.63, 3.8) is 0 Å². The minimum atomic E-state index is -2.47. The van der Waals surface area contributed by atoms with Crippen LogP contribution in [0.1, 0.15) is 33.6 Å². The van der Waals surface area contributed by atoms with E-state index in [1.54, 1.807) is 0 Å². The highest BCUT2D eigenvalue weighted by Gasteiger charge is 2.49. The minimum Gasteiger partial charge on any atom is -0.407 e. The van der Waals surface area contributed by atoms with E-state index in [1.165, 1.54) is 16.4 Å². The van der Waals surface area contributed by atoms with Crippen LogP contribution in [-0.2, 0) is 9.22 Å². The molecule has 0 bridgehead atoms. The highest BCUT2D eigenvalue weighted by molar-refractivity contribution is 6.99. The molecule has 0 N–H and O–H groups in total. The van der Waals surface area contributed by atoms with Crippen LogP contribution in [0.15, 0.2) is 73.3 Å². The summed E-state index contributed by atoms with van der Waals surface area (Å²) in [5, 5.41) is 2.51. The summed E-state index contributed by atoms with van der Waals surface area (Å²) >= 11 is 0. The molecule has 0 spiro atoms. The standard InChI is InChI=1S/C22H28O2Si/c1-5-19(23)13-12-18-24-25(22(2,3)4,20-14-8-6-9-15-20)21-16-10-7-11-17-21/h5-11,14-17H,1,12-13,18H2,2-4H3. The first kappa shape index (κ1) is 19.4. The molecule has 0 aliphatic rings. The fourth-order valence-electron chi connectivity index (χ4n) is 3.34. The van der Waals surface area contributed by atoms with Crippen molar-refractivity contribution in [1.29, 1.82) is 0 Å². The maximum Gasteiger partial charge on any atom is 0.261 e. The number of carbonyl (C=O) groups excluding carboxylic acids is 1. The van der Waals surface area contributed by atoms with Crippen LogP contribution >= 0.6 is 0 Å². The van der Waals surface area contributed by atoms with Gasteiger partial charge < -0.3 is 4.43 Å². The van der Waals surface area contributed by atoms with Gasteiger partial charge in [0.1, 0.15) is 0 Å². The summed E-state index contributed by atoms with van der Waals surface area (Å²) in [5.41, 5.74) is 0. The number of hydrogen-bond acceptors (Lipinski definition) is 2. The zero-order valence-corrected chi connectivity index (χ0v) is 16.5. The minimum absolute atomic E-state index is 0.0296. The lowest BCUT2D eigenvalue weighted by Gasteiger charge is -2.43. The van der Waals surface area contributed by atoms with Gasteiger partial charge in [-0.25, -0.2) is 0 Å². The van der Waals surface area contributed by atoms with Gasteiger partial charge in [0, 0.05) is 13.0 Å². The van der Waals surface area contributed by atoms with Crippen LogP contribution in [0.4, 0.5) is 0 Å². The maximum absolute atomic E-state index is 11.5. The molecule has 0 aliphatic carbocycles. The Bertz CT molecular complexity index is 647. The molecule has 2 aromatic carbocycles. The van der Waals surface area contributed by atoms with E-state index in [0.29, 0.717) is 13.0 Å². The lowest BCUT2D eigenvalue weighted by Crippen LogP contribution is -2.66.